The Kier molecular flexibility index (Phi) is 7.99. The number of anilines is 3. The molecule has 62 heavy (non-hydrogen) atoms. The minimum atomic E-state index is 1.11. The lowest BCUT2D eigenvalue weighted by Gasteiger charge is -2.27. The van der Waals surface area contributed by atoms with E-state index in [1.165, 1.54) is 95.2 Å². The second-order valence-electron chi connectivity index (χ2n) is 16.0. The molecule has 0 saturated heterocycles. The van der Waals surface area contributed by atoms with E-state index in [0.29, 0.717) is 0 Å². The largest absolute Gasteiger partial charge is 0.310 e. The maximum atomic E-state index is 2.48. The molecule has 2 nitrogen and oxygen atoms in total. The highest BCUT2D eigenvalue weighted by Crippen LogP contribution is 2.48. The van der Waals surface area contributed by atoms with Crippen molar-refractivity contribution >= 4 is 113 Å². The van der Waals surface area contributed by atoms with Gasteiger partial charge in [0.05, 0.1) is 16.7 Å². The molecule has 0 fully saturated rings. The fourth-order valence-electron chi connectivity index (χ4n) is 9.73. The Morgan fingerprint density at radius 2 is 0.871 bits per heavy atom. The monoisotopic (exact) mass is 824 g/mol. The number of aromatic nitrogens is 1. The van der Waals surface area contributed by atoms with Crippen LogP contribution in [0.15, 0.2) is 218 Å². The maximum Gasteiger partial charge on any atom is 0.0556 e. The number of benzene rings is 10. The van der Waals surface area contributed by atoms with E-state index < -0.39 is 0 Å². The summed E-state index contributed by atoms with van der Waals surface area (Å²) in [5, 5.41) is 10.5. The van der Waals surface area contributed by atoms with Crippen LogP contribution in [0, 0.1) is 0 Å². The fraction of sp³-hybridized carbons (Fsp3) is 0. The molecule has 290 valence electrons. The third-order valence-corrected chi connectivity index (χ3v) is 14.9. The second kappa shape index (κ2) is 14.0. The number of hydrogen-bond acceptors (Lipinski definition) is 3. The number of nitrogens with zero attached hydrogens (tertiary/aromatic N) is 2. The molecule has 10 aromatic carbocycles. The second-order valence-corrected chi connectivity index (χ2v) is 18.2. The summed E-state index contributed by atoms with van der Waals surface area (Å²) in [5.41, 5.74) is 11.8. The normalized spacial score (nSPS) is 11.9. The van der Waals surface area contributed by atoms with E-state index in [2.05, 4.69) is 228 Å². The van der Waals surface area contributed by atoms with Crippen molar-refractivity contribution < 1.29 is 0 Å². The van der Waals surface area contributed by atoms with Gasteiger partial charge in [0.2, 0.25) is 0 Å². The van der Waals surface area contributed by atoms with Crippen LogP contribution >= 0.6 is 22.7 Å². The first-order valence-corrected chi connectivity index (χ1v) is 22.7. The summed E-state index contributed by atoms with van der Waals surface area (Å²) < 4.78 is 7.83. The maximum absolute atomic E-state index is 2.48. The van der Waals surface area contributed by atoms with E-state index in [1.807, 2.05) is 22.7 Å². The Morgan fingerprint density at radius 3 is 1.60 bits per heavy atom. The molecule has 0 aliphatic rings. The third kappa shape index (κ3) is 5.47. The zero-order valence-electron chi connectivity index (χ0n) is 33.5. The number of rotatable bonds is 6. The fourth-order valence-corrected chi connectivity index (χ4v) is 12.1. The zero-order valence-corrected chi connectivity index (χ0v) is 35.1. The Hall–Kier alpha value is -7.50. The van der Waals surface area contributed by atoms with Gasteiger partial charge >= 0.3 is 0 Å². The van der Waals surface area contributed by atoms with Crippen LogP contribution in [0.5, 0.6) is 0 Å². The summed E-state index contributed by atoms with van der Waals surface area (Å²) in [7, 11) is 0. The molecular weight excluding hydrogens is 789 g/mol. The Labute approximate surface area is 366 Å². The summed E-state index contributed by atoms with van der Waals surface area (Å²) in [6.45, 7) is 0. The van der Waals surface area contributed by atoms with E-state index in [9.17, 15) is 0 Å². The molecule has 0 aliphatic heterocycles. The van der Waals surface area contributed by atoms with Crippen molar-refractivity contribution in [2.45, 2.75) is 0 Å². The smallest absolute Gasteiger partial charge is 0.0556 e. The summed E-state index contributed by atoms with van der Waals surface area (Å²) in [4.78, 5) is 2.38. The van der Waals surface area contributed by atoms with E-state index in [0.717, 1.165) is 22.7 Å². The highest BCUT2D eigenvalue weighted by atomic mass is 32.1. The van der Waals surface area contributed by atoms with Crippen LogP contribution in [-0.2, 0) is 0 Å². The molecule has 0 N–H and O–H groups in total. The van der Waals surface area contributed by atoms with Crippen molar-refractivity contribution in [2.24, 2.45) is 0 Å². The SMILES string of the molecule is c1ccc(-c2ccc(N(c3ccc(-c4ccc(-n5c6ccc7c8ccccc8sc7c6c6c7c(ccc65)sc5ccccc57)cc4)cc3)c3cccc4ccccc34)cc2)cc1. The van der Waals surface area contributed by atoms with E-state index in [1.54, 1.807) is 0 Å². The van der Waals surface area contributed by atoms with Gasteiger partial charge in [0, 0.05) is 73.6 Å². The third-order valence-electron chi connectivity index (χ3n) is 12.6. The Balaban J connectivity index is 0.924. The van der Waals surface area contributed by atoms with Crippen molar-refractivity contribution in [3.63, 3.8) is 0 Å². The molecule has 13 aromatic rings. The number of fused-ring (bicyclic) bond motifs is 12. The molecule has 3 heterocycles. The van der Waals surface area contributed by atoms with Crippen molar-refractivity contribution in [2.75, 3.05) is 4.90 Å². The van der Waals surface area contributed by atoms with Crippen LogP contribution in [0.4, 0.5) is 17.1 Å². The van der Waals surface area contributed by atoms with Crippen molar-refractivity contribution in [3.05, 3.63) is 218 Å². The first-order valence-electron chi connectivity index (χ1n) is 21.1. The van der Waals surface area contributed by atoms with Crippen molar-refractivity contribution in [1.29, 1.82) is 0 Å². The molecule has 13 rings (SSSR count). The van der Waals surface area contributed by atoms with Gasteiger partial charge in [-0.15, -0.1) is 22.7 Å². The topological polar surface area (TPSA) is 8.17 Å². The van der Waals surface area contributed by atoms with Gasteiger partial charge in [-0.2, -0.15) is 0 Å². The lowest BCUT2D eigenvalue weighted by molar-refractivity contribution is 1.18. The van der Waals surface area contributed by atoms with Crippen molar-refractivity contribution in [1.82, 2.24) is 4.57 Å². The van der Waals surface area contributed by atoms with Gasteiger partial charge in [-0.25, -0.2) is 0 Å². The summed E-state index contributed by atoms with van der Waals surface area (Å²) in [6, 6.07) is 80.0. The first-order chi connectivity index (χ1) is 30.7. The Bertz CT molecular complexity index is 3830. The van der Waals surface area contributed by atoms with E-state index >= 15 is 0 Å². The van der Waals surface area contributed by atoms with Crippen LogP contribution in [0.2, 0.25) is 0 Å². The van der Waals surface area contributed by atoms with Gasteiger partial charge in [-0.05, 0) is 100 Å². The summed E-state index contributed by atoms with van der Waals surface area (Å²) >= 11 is 3.81. The molecule has 0 radical (unpaired) electrons. The lowest BCUT2D eigenvalue weighted by atomic mass is 10.0. The standard InChI is InChI=1S/C58H36N2S2/c1-2-11-37(12-3-1)38-21-27-42(28-22-38)59(49-18-10-14-41-13-4-5-15-45(41)49)43-29-23-39(24-30-43)40-25-31-44(32-26-40)60-50-35-36-54-55(48-17-7-9-20-53(48)61-54)56(50)57-51(60)34-33-47-46-16-6-8-19-52(46)62-58(47)57/h1-36H. The minimum absolute atomic E-state index is 1.11. The van der Waals surface area contributed by atoms with Crippen LogP contribution in [0.25, 0.3) is 101 Å². The van der Waals surface area contributed by atoms with Crippen molar-refractivity contribution in [3.8, 4) is 27.9 Å². The molecule has 4 heteroatoms. The molecule has 0 saturated carbocycles. The molecule has 3 aromatic heterocycles. The summed E-state index contributed by atoms with van der Waals surface area (Å²) in [6.07, 6.45) is 0. The predicted octanol–water partition coefficient (Wildman–Crippen LogP) is 17.5. The molecular formula is C58H36N2S2. The van der Waals surface area contributed by atoms with E-state index in [-0.39, 0.29) is 0 Å². The van der Waals surface area contributed by atoms with Gasteiger partial charge in [0.25, 0.3) is 0 Å². The average molecular weight is 825 g/mol. The lowest BCUT2D eigenvalue weighted by Crippen LogP contribution is -2.10. The molecule has 0 atom stereocenters. The van der Waals surface area contributed by atoms with Crippen LogP contribution in [-0.4, -0.2) is 4.57 Å². The highest BCUT2D eigenvalue weighted by molar-refractivity contribution is 7.27. The molecule has 0 spiro atoms. The number of thiophene rings is 2. The van der Waals surface area contributed by atoms with Gasteiger partial charge in [0.15, 0.2) is 0 Å². The highest BCUT2D eigenvalue weighted by Gasteiger charge is 2.22. The van der Waals surface area contributed by atoms with Crippen LogP contribution in [0.1, 0.15) is 0 Å². The average Bonchev–Trinajstić information content (AvgIpc) is 4.02. The number of hydrogen-bond donors (Lipinski definition) is 0. The zero-order chi connectivity index (χ0) is 40.7. The quantitative estimate of drug-likeness (QED) is 0.162. The summed E-state index contributed by atoms with van der Waals surface area (Å²) in [5.74, 6) is 0. The Morgan fingerprint density at radius 1 is 0.323 bits per heavy atom. The van der Waals surface area contributed by atoms with Gasteiger partial charge in [0.1, 0.15) is 0 Å². The molecule has 0 unspecified atom stereocenters. The molecule has 0 aliphatic carbocycles. The van der Waals surface area contributed by atoms with Gasteiger partial charge in [-0.3, -0.25) is 0 Å². The minimum Gasteiger partial charge on any atom is -0.310 e. The van der Waals surface area contributed by atoms with Gasteiger partial charge in [-0.1, -0.05) is 146 Å². The van der Waals surface area contributed by atoms with Gasteiger partial charge < -0.3 is 9.47 Å². The molecule has 0 bridgehead atoms. The van der Waals surface area contributed by atoms with Crippen LogP contribution < -0.4 is 4.90 Å². The first kappa shape index (κ1) is 35.3. The van der Waals surface area contributed by atoms with Crippen LogP contribution in [0.3, 0.4) is 0 Å². The van der Waals surface area contributed by atoms with E-state index in [4.69, 9.17) is 0 Å². The molecule has 0 amide bonds. The predicted molar refractivity (Wildman–Crippen MR) is 270 cm³/mol.